The highest BCUT2D eigenvalue weighted by molar-refractivity contribution is 7.17. The molecular formula is C18H12N6O2S. The molecule has 0 saturated carbocycles. The van der Waals surface area contributed by atoms with Crippen LogP contribution in [0.4, 0.5) is 0 Å². The highest BCUT2D eigenvalue weighted by atomic mass is 32.1. The van der Waals surface area contributed by atoms with Crippen LogP contribution in [-0.2, 0) is 0 Å². The Morgan fingerprint density at radius 3 is 2.70 bits per heavy atom. The van der Waals surface area contributed by atoms with E-state index < -0.39 is 0 Å². The summed E-state index contributed by atoms with van der Waals surface area (Å²) in [5.74, 6) is 1.25. The van der Waals surface area contributed by atoms with Gasteiger partial charge in [-0.3, -0.25) is 9.36 Å². The van der Waals surface area contributed by atoms with E-state index in [-0.39, 0.29) is 5.56 Å². The van der Waals surface area contributed by atoms with Gasteiger partial charge in [0.25, 0.3) is 11.3 Å². The molecule has 132 valence electrons. The Bertz CT molecular complexity index is 1340. The molecule has 0 amide bonds. The summed E-state index contributed by atoms with van der Waals surface area (Å²) in [6.07, 6.45) is 6.39. The van der Waals surface area contributed by atoms with Crippen LogP contribution in [0, 0.1) is 0 Å². The quantitative estimate of drug-likeness (QED) is 0.481. The van der Waals surface area contributed by atoms with Crippen molar-refractivity contribution in [2.75, 3.05) is 7.11 Å². The van der Waals surface area contributed by atoms with E-state index >= 15 is 0 Å². The second-order valence-corrected chi connectivity index (χ2v) is 6.76. The third-order valence-electron chi connectivity index (χ3n) is 4.25. The molecule has 9 heteroatoms. The fourth-order valence-corrected chi connectivity index (χ4v) is 3.78. The third-order valence-corrected chi connectivity index (χ3v) is 5.29. The molecule has 27 heavy (non-hydrogen) atoms. The van der Waals surface area contributed by atoms with Crippen LogP contribution < -0.4 is 10.3 Å². The summed E-state index contributed by atoms with van der Waals surface area (Å²) in [5, 5.41) is 5.16. The van der Waals surface area contributed by atoms with Crippen molar-refractivity contribution in [2.24, 2.45) is 0 Å². The molecule has 0 saturated heterocycles. The van der Waals surface area contributed by atoms with Crippen molar-refractivity contribution in [3.05, 3.63) is 65.6 Å². The van der Waals surface area contributed by atoms with Crippen LogP contribution in [0.25, 0.3) is 32.3 Å². The standard InChI is InChI=1S/C18H12N6O2S/c1-26-12-4-2-11(3-5-12)15-9-20-18(27-15)23-7-6-14-13(16(23)25)8-19-17-21-10-22-24(14)17/h2-10H,1H3. The molecule has 4 heterocycles. The fourth-order valence-electron chi connectivity index (χ4n) is 2.88. The van der Waals surface area contributed by atoms with E-state index in [1.807, 2.05) is 30.3 Å². The number of nitrogens with zero attached hydrogens (tertiary/aromatic N) is 6. The summed E-state index contributed by atoms with van der Waals surface area (Å²) in [4.78, 5) is 26.5. The largest absolute Gasteiger partial charge is 0.497 e. The lowest BCUT2D eigenvalue weighted by Gasteiger charge is -2.04. The monoisotopic (exact) mass is 376 g/mol. The topological polar surface area (TPSA) is 87.2 Å². The van der Waals surface area contributed by atoms with E-state index in [1.54, 1.807) is 24.0 Å². The number of ether oxygens (including phenoxy) is 1. The second kappa shape index (κ2) is 5.99. The van der Waals surface area contributed by atoms with Crippen LogP contribution in [0.2, 0.25) is 0 Å². The van der Waals surface area contributed by atoms with Gasteiger partial charge < -0.3 is 4.74 Å². The van der Waals surface area contributed by atoms with Crippen molar-refractivity contribution in [3.8, 4) is 21.3 Å². The number of aromatic nitrogens is 6. The normalized spacial score (nSPS) is 11.3. The molecular weight excluding hydrogens is 364 g/mol. The minimum atomic E-state index is -0.201. The van der Waals surface area contributed by atoms with E-state index in [0.717, 1.165) is 16.2 Å². The maximum atomic E-state index is 12.9. The Morgan fingerprint density at radius 1 is 1.04 bits per heavy atom. The molecule has 0 aliphatic heterocycles. The van der Waals surface area contributed by atoms with E-state index in [1.165, 1.54) is 28.4 Å². The molecule has 0 radical (unpaired) electrons. The van der Waals surface area contributed by atoms with Gasteiger partial charge >= 0.3 is 0 Å². The first kappa shape index (κ1) is 15.6. The van der Waals surface area contributed by atoms with Gasteiger partial charge in [0, 0.05) is 18.6 Å². The van der Waals surface area contributed by atoms with Crippen molar-refractivity contribution in [2.45, 2.75) is 0 Å². The molecule has 0 atom stereocenters. The summed E-state index contributed by atoms with van der Waals surface area (Å²) in [6, 6.07) is 9.53. The van der Waals surface area contributed by atoms with Crippen molar-refractivity contribution < 1.29 is 4.74 Å². The van der Waals surface area contributed by atoms with Gasteiger partial charge in [-0.05, 0) is 35.9 Å². The van der Waals surface area contributed by atoms with E-state index in [0.29, 0.717) is 21.8 Å². The van der Waals surface area contributed by atoms with Crippen LogP contribution in [0.1, 0.15) is 0 Å². The highest BCUT2D eigenvalue weighted by Crippen LogP contribution is 2.29. The molecule has 5 rings (SSSR count). The van der Waals surface area contributed by atoms with Crippen LogP contribution in [-0.4, -0.2) is 36.2 Å². The van der Waals surface area contributed by atoms with E-state index in [2.05, 4.69) is 20.1 Å². The van der Waals surface area contributed by atoms with Gasteiger partial charge in [-0.1, -0.05) is 11.3 Å². The number of pyridine rings is 1. The Kier molecular flexibility index (Phi) is 3.47. The summed E-state index contributed by atoms with van der Waals surface area (Å²) in [7, 11) is 1.63. The van der Waals surface area contributed by atoms with Crippen molar-refractivity contribution in [1.82, 2.24) is 29.1 Å². The van der Waals surface area contributed by atoms with Crippen molar-refractivity contribution >= 4 is 28.0 Å². The van der Waals surface area contributed by atoms with Gasteiger partial charge in [-0.15, -0.1) is 0 Å². The van der Waals surface area contributed by atoms with Gasteiger partial charge in [-0.2, -0.15) is 14.6 Å². The van der Waals surface area contributed by atoms with Crippen molar-refractivity contribution in [3.63, 3.8) is 0 Å². The SMILES string of the molecule is COc1ccc(-c2cnc(-n3ccc4c(cnc5ncnn54)c3=O)s2)cc1. The molecule has 4 aromatic heterocycles. The number of hydrogen-bond acceptors (Lipinski definition) is 7. The Hall–Kier alpha value is -3.59. The zero-order valence-electron chi connectivity index (χ0n) is 14.1. The van der Waals surface area contributed by atoms with Crippen LogP contribution in [0.15, 0.2) is 60.0 Å². The summed E-state index contributed by atoms with van der Waals surface area (Å²) in [6.45, 7) is 0. The lowest BCUT2D eigenvalue weighted by molar-refractivity contribution is 0.415. The Labute approximate surface area is 156 Å². The third kappa shape index (κ3) is 2.48. The molecule has 0 aliphatic rings. The van der Waals surface area contributed by atoms with Gasteiger partial charge in [0.2, 0.25) is 0 Å². The molecule has 8 nitrogen and oxygen atoms in total. The van der Waals surface area contributed by atoms with E-state index in [9.17, 15) is 4.79 Å². The van der Waals surface area contributed by atoms with Crippen LogP contribution >= 0.6 is 11.3 Å². The highest BCUT2D eigenvalue weighted by Gasteiger charge is 2.12. The number of thiazole rings is 1. The molecule has 5 aromatic rings. The predicted octanol–water partition coefficient (Wildman–Crippen LogP) is 2.56. The number of hydrogen-bond donors (Lipinski definition) is 0. The predicted molar refractivity (Wildman–Crippen MR) is 102 cm³/mol. The Morgan fingerprint density at radius 2 is 1.89 bits per heavy atom. The van der Waals surface area contributed by atoms with Gasteiger partial charge in [0.15, 0.2) is 5.13 Å². The first-order valence-electron chi connectivity index (χ1n) is 8.05. The Balaban J connectivity index is 1.61. The zero-order valence-corrected chi connectivity index (χ0v) is 14.9. The molecule has 1 aromatic carbocycles. The van der Waals surface area contributed by atoms with Crippen LogP contribution in [0.5, 0.6) is 5.75 Å². The zero-order chi connectivity index (χ0) is 18.4. The average molecular weight is 376 g/mol. The first-order chi connectivity index (χ1) is 13.2. The molecule has 0 aliphatic carbocycles. The lowest BCUT2D eigenvalue weighted by atomic mass is 10.2. The average Bonchev–Trinajstić information content (AvgIpc) is 3.38. The number of fused-ring (bicyclic) bond motifs is 3. The summed E-state index contributed by atoms with van der Waals surface area (Å²) >= 11 is 1.44. The minimum Gasteiger partial charge on any atom is -0.497 e. The van der Waals surface area contributed by atoms with E-state index in [4.69, 9.17) is 4.74 Å². The second-order valence-electron chi connectivity index (χ2n) is 5.76. The van der Waals surface area contributed by atoms with Crippen molar-refractivity contribution in [1.29, 1.82) is 0 Å². The van der Waals surface area contributed by atoms with Gasteiger partial charge in [0.1, 0.15) is 12.1 Å². The lowest BCUT2D eigenvalue weighted by Crippen LogP contribution is -2.18. The number of methoxy groups -OCH3 is 1. The molecule has 0 N–H and O–H groups in total. The smallest absolute Gasteiger partial charge is 0.267 e. The molecule has 0 spiro atoms. The van der Waals surface area contributed by atoms with Crippen LogP contribution in [0.3, 0.4) is 0 Å². The molecule has 0 unspecified atom stereocenters. The maximum absolute atomic E-state index is 12.9. The first-order valence-corrected chi connectivity index (χ1v) is 8.87. The fraction of sp³-hybridized carbons (Fsp3) is 0.0556. The number of rotatable bonds is 3. The number of benzene rings is 1. The maximum Gasteiger partial charge on any atom is 0.267 e. The van der Waals surface area contributed by atoms with Gasteiger partial charge in [0.05, 0.1) is 22.9 Å². The summed E-state index contributed by atoms with van der Waals surface area (Å²) < 4.78 is 8.25. The molecule has 0 fully saturated rings. The minimum absolute atomic E-state index is 0.201. The molecule has 0 bridgehead atoms. The van der Waals surface area contributed by atoms with Gasteiger partial charge in [-0.25, -0.2) is 9.97 Å². The summed E-state index contributed by atoms with van der Waals surface area (Å²) in [5.41, 5.74) is 1.47.